The molecule has 0 saturated carbocycles. The van der Waals surface area contributed by atoms with Gasteiger partial charge in [-0.1, -0.05) is 70.2 Å². The molecule has 2 aromatic carbocycles. The van der Waals surface area contributed by atoms with Crippen LogP contribution >= 0.6 is 0 Å². The van der Waals surface area contributed by atoms with Gasteiger partial charge in [0.1, 0.15) is 5.82 Å². The highest BCUT2D eigenvalue weighted by Gasteiger charge is 2.27. The molecule has 1 fully saturated rings. The van der Waals surface area contributed by atoms with E-state index in [-0.39, 0.29) is 23.1 Å². The van der Waals surface area contributed by atoms with Crippen LogP contribution in [0, 0.1) is 17.5 Å². The molecule has 2 unspecified atom stereocenters. The number of hydrogen-bond donors (Lipinski definition) is 0. The summed E-state index contributed by atoms with van der Waals surface area (Å²) in [5.74, 6) is -2.51. The monoisotopic (exact) mass is 432 g/mol. The smallest absolute Gasteiger partial charge is 0.167 e. The van der Waals surface area contributed by atoms with Crippen molar-refractivity contribution in [3.63, 3.8) is 0 Å². The minimum atomic E-state index is -0.973. The molecule has 4 heteroatoms. The van der Waals surface area contributed by atoms with Crippen molar-refractivity contribution in [3.05, 3.63) is 58.9 Å². The van der Waals surface area contributed by atoms with Gasteiger partial charge in [-0.15, -0.1) is 0 Å². The first-order chi connectivity index (χ1) is 15.0. The minimum absolute atomic E-state index is 0.0219. The summed E-state index contributed by atoms with van der Waals surface area (Å²) in [6.45, 7) is 4.68. The number of aryl methyl sites for hydroxylation is 1. The Bertz CT molecular complexity index is 841. The second kappa shape index (κ2) is 11.7. The molecule has 0 amide bonds. The molecule has 0 radical (unpaired) electrons. The van der Waals surface area contributed by atoms with Crippen LogP contribution in [0.1, 0.15) is 88.7 Å². The van der Waals surface area contributed by atoms with Gasteiger partial charge in [-0.25, -0.2) is 13.2 Å². The molecule has 2 atom stereocenters. The van der Waals surface area contributed by atoms with Crippen molar-refractivity contribution in [1.29, 1.82) is 0 Å². The van der Waals surface area contributed by atoms with Crippen molar-refractivity contribution in [1.82, 2.24) is 0 Å². The van der Waals surface area contributed by atoms with Crippen LogP contribution in [0.2, 0.25) is 0 Å². The molecule has 2 aromatic rings. The molecule has 1 aliphatic heterocycles. The summed E-state index contributed by atoms with van der Waals surface area (Å²) in [5.41, 5.74) is 1.30. The number of ether oxygens (including phenoxy) is 1. The lowest BCUT2D eigenvalue weighted by atomic mass is 9.88. The van der Waals surface area contributed by atoms with Gasteiger partial charge in [0, 0.05) is 17.0 Å². The Balaban J connectivity index is 1.67. The zero-order valence-corrected chi connectivity index (χ0v) is 18.9. The van der Waals surface area contributed by atoms with Crippen LogP contribution in [0.25, 0.3) is 11.1 Å². The second-order valence-corrected chi connectivity index (χ2v) is 8.83. The van der Waals surface area contributed by atoms with Gasteiger partial charge in [0.2, 0.25) is 0 Å². The third-order valence-corrected chi connectivity index (χ3v) is 6.44. The van der Waals surface area contributed by atoms with Crippen LogP contribution in [0.4, 0.5) is 13.2 Å². The molecule has 0 aromatic heterocycles. The zero-order valence-electron chi connectivity index (χ0n) is 18.9. The van der Waals surface area contributed by atoms with Gasteiger partial charge in [-0.3, -0.25) is 0 Å². The van der Waals surface area contributed by atoms with E-state index in [0.717, 1.165) is 50.5 Å². The fourth-order valence-electron chi connectivity index (χ4n) is 4.48. The summed E-state index contributed by atoms with van der Waals surface area (Å²) in [6.07, 6.45) is 10.5. The van der Waals surface area contributed by atoms with Crippen LogP contribution < -0.4 is 0 Å². The van der Waals surface area contributed by atoms with Crippen molar-refractivity contribution < 1.29 is 17.9 Å². The van der Waals surface area contributed by atoms with E-state index in [9.17, 15) is 13.2 Å². The molecule has 31 heavy (non-hydrogen) atoms. The van der Waals surface area contributed by atoms with Gasteiger partial charge in [-0.05, 0) is 49.3 Å². The molecule has 1 heterocycles. The van der Waals surface area contributed by atoms with Crippen LogP contribution in [-0.2, 0) is 11.2 Å². The molecule has 1 nitrogen and oxygen atoms in total. The fourth-order valence-corrected chi connectivity index (χ4v) is 4.48. The minimum Gasteiger partial charge on any atom is -0.378 e. The largest absolute Gasteiger partial charge is 0.378 e. The van der Waals surface area contributed by atoms with E-state index in [0.29, 0.717) is 12.2 Å². The zero-order chi connectivity index (χ0) is 22.2. The highest BCUT2D eigenvalue weighted by Crippen LogP contribution is 2.36. The second-order valence-electron chi connectivity index (χ2n) is 8.83. The van der Waals surface area contributed by atoms with Gasteiger partial charge < -0.3 is 4.74 Å². The lowest BCUT2D eigenvalue weighted by Gasteiger charge is -2.30. The van der Waals surface area contributed by atoms with E-state index < -0.39 is 17.5 Å². The Morgan fingerprint density at radius 1 is 0.839 bits per heavy atom. The molecular formula is C27H35F3O. The summed E-state index contributed by atoms with van der Waals surface area (Å²) in [4.78, 5) is 0. The van der Waals surface area contributed by atoms with Crippen molar-refractivity contribution in [2.45, 2.75) is 90.1 Å². The summed E-state index contributed by atoms with van der Waals surface area (Å²) < 4.78 is 50.4. The van der Waals surface area contributed by atoms with Crippen molar-refractivity contribution >= 4 is 0 Å². The average molecular weight is 433 g/mol. The topological polar surface area (TPSA) is 9.23 Å². The molecule has 0 aliphatic carbocycles. The predicted molar refractivity (Wildman–Crippen MR) is 121 cm³/mol. The number of rotatable bonds is 10. The maximum absolute atomic E-state index is 14.9. The SMILES string of the molecule is CCCCCCC1CCC(c2ccc(-c3ccc(CCCC)cc3F)c(F)c2F)CO1. The Hall–Kier alpha value is -1.81. The normalized spacial score (nSPS) is 19.0. The third kappa shape index (κ3) is 6.12. The van der Waals surface area contributed by atoms with E-state index in [2.05, 4.69) is 13.8 Å². The highest BCUT2D eigenvalue weighted by atomic mass is 19.2. The predicted octanol–water partition coefficient (Wildman–Crippen LogP) is 8.35. The van der Waals surface area contributed by atoms with Crippen LogP contribution in [0.5, 0.6) is 0 Å². The molecule has 3 rings (SSSR count). The molecule has 170 valence electrons. The number of unbranched alkanes of at least 4 members (excludes halogenated alkanes) is 4. The van der Waals surface area contributed by atoms with Crippen LogP contribution in [-0.4, -0.2) is 12.7 Å². The molecule has 0 spiro atoms. The van der Waals surface area contributed by atoms with Crippen LogP contribution in [0.15, 0.2) is 30.3 Å². The Morgan fingerprint density at radius 3 is 2.29 bits per heavy atom. The number of halogens is 3. The Labute approximate surface area is 185 Å². The first-order valence-electron chi connectivity index (χ1n) is 11.9. The van der Waals surface area contributed by atoms with Crippen molar-refractivity contribution in [2.75, 3.05) is 6.61 Å². The third-order valence-electron chi connectivity index (χ3n) is 6.44. The fraction of sp³-hybridized carbons (Fsp3) is 0.556. The Kier molecular flexibility index (Phi) is 9.01. The molecule has 0 N–H and O–H groups in total. The first-order valence-corrected chi connectivity index (χ1v) is 11.9. The van der Waals surface area contributed by atoms with Crippen molar-refractivity contribution in [3.8, 4) is 11.1 Å². The maximum Gasteiger partial charge on any atom is 0.167 e. The van der Waals surface area contributed by atoms with E-state index >= 15 is 0 Å². The molecule has 1 saturated heterocycles. The summed E-state index contributed by atoms with van der Waals surface area (Å²) in [6, 6.07) is 7.91. The summed E-state index contributed by atoms with van der Waals surface area (Å²) in [5, 5.41) is 0. The Morgan fingerprint density at radius 2 is 1.61 bits per heavy atom. The molecule has 1 aliphatic rings. The van der Waals surface area contributed by atoms with Gasteiger partial charge >= 0.3 is 0 Å². The lowest BCUT2D eigenvalue weighted by molar-refractivity contribution is -0.00282. The number of hydrogen-bond acceptors (Lipinski definition) is 1. The first kappa shape index (κ1) is 23.8. The van der Waals surface area contributed by atoms with Gasteiger partial charge in [0.25, 0.3) is 0 Å². The highest BCUT2D eigenvalue weighted by molar-refractivity contribution is 5.66. The van der Waals surface area contributed by atoms with Gasteiger partial charge in [0.15, 0.2) is 11.6 Å². The van der Waals surface area contributed by atoms with Crippen LogP contribution in [0.3, 0.4) is 0 Å². The molecule has 0 bridgehead atoms. The standard InChI is InChI=1S/C27H35F3O/c1-3-5-7-8-10-21-13-12-20(18-31-21)22-15-16-24(27(30)26(22)29)23-14-11-19(9-6-4-2)17-25(23)28/h11,14-17,20-21H,3-10,12-13,18H2,1-2H3. The van der Waals surface area contributed by atoms with Crippen molar-refractivity contribution in [2.24, 2.45) is 0 Å². The summed E-state index contributed by atoms with van der Waals surface area (Å²) >= 11 is 0. The average Bonchev–Trinajstić information content (AvgIpc) is 2.78. The van der Waals surface area contributed by atoms with E-state index in [1.165, 1.54) is 31.4 Å². The maximum atomic E-state index is 14.9. The lowest BCUT2D eigenvalue weighted by Crippen LogP contribution is -2.25. The van der Waals surface area contributed by atoms with E-state index in [1.807, 2.05) is 0 Å². The van der Waals surface area contributed by atoms with E-state index in [4.69, 9.17) is 4.74 Å². The molecular weight excluding hydrogens is 397 g/mol. The summed E-state index contributed by atoms with van der Waals surface area (Å²) in [7, 11) is 0. The van der Waals surface area contributed by atoms with Gasteiger partial charge in [0.05, 0.1) is 12.7 Å². The van der Waals surface area contributed by atoms with Gasteiger partial charge in [-0.2, -0.15) is 0 Å². The quantitative estimate of drug-likeness (QED) is 0.343. The number of benzene rings is 2. The van der Waals surface area contributed by atoms with E-state index in [1.54, 1.807) is 18.2 Å².